The third-order valence-corrected chi connectivity index (χ3v) is 2.79. The van der Waals surface area contributed by atoms with Crippen molar-refractivity contribution in [2.75, 3.05) is 16.8 Å². The van der Waals surface area contributed by atoms with E-state index in [2.05, 4.69) is 15.6 Å². The van der Waals surface area contributed by atoms with E-state index >= 15 is 0 Å². The van der Waals surface area contributed by atoms with Crippen LogP contribution in [0.3, 0.4) is 0 Å². The predicted molar refractivity (Wildman–Crippen MR) is 73.1 cm³/mol. The van der Waals surface area contributed by atoms with Gasteiger partial charge < -0.3 is 10.2 Å². The Morgan fingerprint density at radius 2 is 2.21 bits per heavy atom. The maximum Gasteiger partial charge on any atom is 0.320 e. The molecule has 0 aromatic carbocycles. The molecule has 3 amide bonds. The van der Waals surface area contributed by atoms with E-state index < -0.39 is 0 Å². The first-order valence-electron chi connectivity index (χ1n) is 6.40. The summed E-state index contributed by atoms with van der Waals surface area (Å²) in [7, 11) is 0. The van der Waals surface area contributed by atoms with E-state index in [1.807, 2.05) is 13.8 Å². The Morgan fingerprint density at radius 1 is 1.42 bits per heavy atom. The highest BCUT2D eigenvalue weighted by Crippen LogP contribution is 2.21. The maximum absolute atomic E-state index is 11.6. The van der Waals surface area contributed by atoms with Gasteiger partial charge in [0.1, 0.15) is 5.82 Å². The first-order valence-corrected chi connectivity index (χ1v) is 6.40. The number of aromatic nitrogens is 1. The number of pyridine rings is 1. The number of nitrogens with one attached hydrogen (secondary N) is 2. The molecule has 1 saturated heterocycles. The average molecular weight is 262 g/mol. The highest BCUT2D eigenvalue weighted by atomic mass is 16.2. The van der Waals surface area contributed by atoms with Crippen molar-refractivity contribution in [3.05, 3.63) is 18.3 Å². The van der Waals surface area contributed by atoms with Gasteiger partial charge in [0, 0.05) is 19.0 Å². The maximum atomic E-state index is 11.6. The van der Waals surface area contributed by atoms with Gasteiger partial charge in [0.25, 0.3) is 0 Å². The Kier molecular flexibility index (Phi) is 3.99. The molecule has 6 heteroatoms. The quantitative estimate of drug-likeness (QED) is 0.871. The Morgan fingerprint density at radius 3 is 2.74 bits per heavy atom. The minimum atomic E-state index is -0.285. The third kappa shape index (κ3) is 3.43. The molecule has 6 nitrogen and oxygen atoms in total. The normalized spacial score (nSPS) is 14.9. The smallest absolute Gasteiger partial charge is 0.320 e. The first-order chi connectivity index (χ1) is 9.06. The molecule has 2 heterocycles. The highest BCUT2D eigenvalue weighted by Gasteiger charge is 2.21. The summed E-state index contributed by atoms with van der Waals surface area (Å²) < 4.78 is 0. The van der Waals surface area contributed by atoms with Crippen LogP contribution in [-0.4, -0.2) is 29.5 Å². The summed E-state index contributed by atoms with van der Waals surface area (Å²) in [6, 6.07) is 3.27. The minimum absolute atomic E-state index is 0.0708. The van der Waals surface area contributed by atoms with Crippen LogP contribution in [-0.2, 0) is 4.79 Å². The molecule has 19 heavy (non-hydrogen) atoms. The average Bonchev–Trinajstić information content (AvgIpc) is 2.75. The Labute approximate surface area is 112 Å². The topological polar surface area (TPSA) is 74.3 Å². The molecule has 0 aliphatic carbocycles. The fraction of sp³-hybridized carbons (Fsp3) is 0.462. The molecule has 0 radical (unpaired) electrons. The summed E-state index contributed by atoms with van der Waals surface area (Å²) in [6.45, 7) is 4.51. The number of anilines is 2. The van der Waals surface area contributed by atoms with Crippen LogP contribution in [0.15, 0.2) is 18.3 Å². The number of rotatable bonds is 3. The van der Waals surface area contributed by atoms with Crippen molar-refractivity contribution in [1.29, 1.82) is 0 Å². The lowest BCUT2D eigenvalue weighted by atomic mass is 10.3. The van der Waals surface area contributed by atoms with Gasteiger partial charge in [0.2, 0.25) is 5.91 Å². The zero-order chi connectivity index (χ0) is 13.8. The molecule has 0 saturated carbocycles. The Hall–Kier alpha value is -2.11. The van der Waals surface area contributed by atoms with Gasteiger partial charge in [-0.25, -0.2) is 9.78 Å². The number of carbonyl (C=O) groups excluding carboxylic acids is 2. The van der Waals surface area contributed by atoms with Crippen molar-refractivity contribution in [2.24, 2.45) is 0 Å². The van der Waals surface area contributed by atoms with E-state index in [4.69, 9.17) is 0 Å². The number of carbonyl (C=O) groups is 2. The van der Waals surface area contributed by atoms with Gasteiger partial charge in [-0.05, 0) is 32.4 Å². The van der Waals surface area contributed by atoms with E-state index in [-0.39, 0.29) is 18.0 Å². The number of hydrogen-bond donors (Lipinski definition) is 2. The fourth-order valence-electron chi connectivity index (χ4n) is 1.96. The summed E-state index contributed by atoms with van der Waals surface area (Å²) in [5.74, 6) is 0.591. The molecule has 102 valence electrons. The second kappa shape index (κ2) is 5.69. The van der Waals surface area contributed by atoms with Crippen LogP contribution in [0, 0.1) is 0 Å². The lowest BCUT2D eigenvalue weighted by molar-refractivity contribution is -0.117. The van der Waals surface area contributed by atoms with E-state index in [0.29, 0.717) is 12.2 Å². The molecule has 1 aromatic heterocycles. The van der Waals surface area contributed by atoms with Crippen molar-refractivity contribution in [3.8, 4) is 0 Å². The minimum Gasteiger partial charge on any atom is -0.336 e. The predicted octanol–water partition coefficient (Wildman–Crippen LogP) is 1.74. The first kappa shape index (κ1) is 13.3. The summed E-state index contributed by atoms with van der Waals surface area (Å²) in [5.41, 5.74) is 0.775. The number of amides is 3. The largest absolute Gasteiger partial charge is 0.336 e. The molecule has 1 aliphatic rings. The van der Waals surface area contributed by atoms with Crippen LogP contribution in [0.1, 0.15) is 26.7 Å². The summed E-state index contributed by atoms with van der Waals surface area (Å²) >= 11 is 0. The molecule has 2 N–H and O–H groups in total. The van der Waals surface area contributed by atoms with Crippen LogP contribution in [0.4, 0.5) is 16.3 Å². The molecule has 1 aromatic rings. The van der Waals surface area contributed by atoms with Crippen LogP contribution in [0.2, 0.25) is 0 Å². The van der Waals surface area contributed by atoms with Gasteiger partial charge in [-0.15, -0.1) is 0 Å². The number of urea groups is 1. The zero-order valence-electron chi connectivity index (χ0n) is 11.1. The molecule has 1 aliphatic heterocycles. The Bertz CT molecular complexity index is 470. The number of nitrogens with zero attached hydrogens (tertiary/aromatic N) is 2. The van der Waals surface area contributed by atoms with Gasteiger partial charge in [-0.2, -0.15) is 0 Å². The standard InChI is InChI=1S/C13H18N4O2/c1-9(2)15-13(19)16-11-6-5-10(8-14-11)17-7-3-4-12(17)18/h5-6,8-9H,3-4,7H2,1-2H3,(H2,14,15,16,19). The molecular formula is C13H18N4O2. The van der Waals surface area contributed by atoms with Gasteiger partial charge in [0.05, 0.1) is 11.9 Å². The lowest BCUT2D eigenvalue weighted by Crippen LogP contribution is -2.34. The van der Waals surface area contributed by atoms with E-state index in [0.717, 1.165) is 18.7 Å². The second-order valence-electron chi connectivity index (χ2n) is 4.80. The molecule has 0 atom stereocenters. The molecule has 0 unspecified atom stereocenters. The monoisotopic (exact) mass is 262 g/mol. The Balaban J connectivity index is 1.98. The van der Waals surface area contributed by atoms with Crippen molar-refractivity contribution in [2.45, 2.75) is 32.7 Å². The second-order valence-corrected chi connectivity index (χ2v) is 4.80. The third-order valence-electron chi connectivity index (χ3n) is 2.79. The zero-order valence-corrected chi connectivity index (χ0v) is 11.1. The van der Waals surface area contributed by atoms with E-state index in [9.17, 15) is 9.59 Å². The van der Waals surface area contributed by atoms with E-state index in [1.165, 1.54) is 0 Å². The van der Waals surface area contributed by atoms with Crippen molar-refractivity contribution in [3.63, 3.8) is 0 Å². The van der Waals surface area contributed by atoms with Gasteiger partial charge >= 0.3 is 6.03 Å². The van der Waals surface area contributed by atoms with Crippen molar-refractivity contribution < 1.29 is 9.59 Å². The summed E-state index contributed by atoms with van der Waals surface area (Å²) in [5, 5.41) is 5.35. The van der Waals surface area contributed by atoms with Crippen LogP contribution < -0.4 is 15.5 Å². The summed E-state index contributed by atoms with van der Waals surface area (Å²) in [6.07, 6.45) is 3.08. The molecule has 2 rings (SSSR count). The van der Waals surface area contributed by atoms with Crippen molar-refractivity contribution >= 4 is 23.4 Å². The van der Waals surface area contributed by atoms with E-state index in [1.54, 1.807) is 23.2 Å². The molecule has 1 fully saturated rings. The molecule has 0 bridgehead atoms. The SMILES string of the molecule is CC(C)NC(=O)Nc1ccc(N2CCCC2=O)cn1. The highest BCUT2D eigenvalue weighted by molar-refractivity contribution is 5.95. The van der Waals surface area contributed by atoms with Crippen molar-refractivity contribution in [1.82, 2.24) is 10.3 Å². The lowest BCUT2D eigenvalue weighted by Gasteiger charge is -2.15. The fourth-order valence-corrected chi connectivity index (χ4v) is 1.96. The van der Waals surface area contributed by atoms with Crippen LogP contribution in [0.25, 0.3) is 0 Å². The summed E-state index contributed by atoms with van der Waals surface area (Å²) in [4.78, 5) is 28.9. The molecule has 0 spiro atoms. The van der Waals surface area contributed by atoms with Gasteiger partial charge in [-0.1, -0.05) is 0 Å². The van der Waals surface area contributed by atoms with Crippen LogP contribution >= 0.6 is 0 Å². The van der Waals surface area contributed by atoms with Gasteiger partial charge in [0.15, 0.2) is 0 Å². The van der Waals surface area contributed by atoms with Crippen LogP contribution in [0.5, 0.6) is 0 Å². The van der Waals surface area contributed by atoms with Gasteiger partial charge in [-0.3, -0.25) is 10.1 Å². The molecular weight excluding hydrogens is 244 g/mol. The number of hydrogen-bond acceptors (Lipinski definition) is 3.